The Morgan fingerprint density at radius 2 is 2.07 bits per heavy atom. The van der Waals surface area contributed by atoms with E-state index >= 15 is 0 Å². The average molecular weight is 441 g/mol. The van der Waals surface area contributed by atoms with Gasteiger partial charge in [0, 0.05) is 27.2 Å². The first-order valence-corrected chi connectivity index (χ1v) is 10.1. The number of rotatable bonds is 6. The third kappa shape index (κ3) is 3.92. The van der Waals surface area contributed by atoms with E-state index in [0.717, 1.165) is 33.9 Å². The number of thioether (sulfide) groups is 1. The number of H-pyrrole nitrogens is 2. The van der Waals surface area contributed by atoms with Crippen molar-refractivity contribution in [3.05, 3.63) is 63.6 Å². The second-order valence-electron chi connectivity index (χ2n) is 6.44. The number of aromatic nitrogens is 4. The molecule has 0 atom stereocenters. The molecule has 0 amide bonds. The van der Waals surface area contributed by atoms with Gasteiger partial charge in [-0.2, -0.15) is 0 Å². The van der Waals surface area contributed by atoms with Crippen molar-refractivity contribution in [3.8, 4) is 17.1 Å². The number of halogens is 1. The Bertz CT molecular complexity index is 1280. The Kier molecular flexibility index (Phi) is 5.52. The lowest BCUT2D eigenvalue weighted by Gasteiger charge is -2.05. The molecule has 2 aromatic carbocycles. The fourth-order valence-corrected chi connectivity index (χ4v) is 3.99. The van der Waals surface area contributed by atoms with Crippen LogP contribution in [0.5, 0.6) is 5.75 Å². The highest BCUT2D eigenvalue weighted by Gasteiger charge is 2.18. The number of aliphatic carboxylic acids is 1. The van der Waals surface area contributed by atoms with Gasteiger partial charge in [0.05, 0.1) is 12.7 Å². The van der Waals surface area contributed by atoms with Crippen molar-refractivity contribution in [2.24, 2.45) is 0 Å². The van der Waals surface area contributed by atoms with Gasteiger partial charge in [-0.25, -0.2) is 9.78 Å². The van der Waals surface area contributed by atoms with Gasteiger partial charge in [0.1, 0.15) is 10.7 Å². The fraction of sp³-hybridized carbons (Fsp3) is 0.0952. The van der Waals surface area contributed by atoms with E-state index in [1.54, 1.807) is 31.4 Å². The van der Waals surface area contributed by atoms with Crippen molar-refractivity contribution < 1.29 is 14.6 Å². The molecule has 3 N–H and O–H groups in total. The lowest BCUT2D eigenvalue weighted by Crippen LogP contribution is -1.97. The third-order valence-corrected chi connectivity index (χ3v) is 5.63. The number of fused-ring (bicyclic) bond motifs is 1. The minimum atomic E-state index is -1.06. The van der Waals surface area contributed by atoms with Gasteiger partial charge in [-0.1, -0.05) is 29.8 Å². The van der Waals surface area contributed by atoms with E-state index in [2.05, 4.69) is 20.2 Å². The standard InChI is InChI=1S/C21H17ClN4O3S/c1-11-14(13-5-3-4-6-16(13)23-11)10-18(20(27)28)30-21-24-19(25-26-21)15-9-12(22)7-8-17(15)29-2/h3-10,23H,1-2H3,(H,27,28)(H,24,25,26)/b18-10-. The number of carbonyl (C=O) groups is 1. The molecule has 0 unspecified atom stereocenters. The highest BCUT2D eigenvalue weighted by molar-refractivity contribution is 8.04. The number of aromatic amines is 2. The van der Waals surface area contributed by atoms with Gasteiger partial charge in [-0.05, 0) is 49.0 Å². The SMILES string of the molecule is COc1ccc(Cl)cc1-c1nc(S/C(=C\c2c(C)[nH]c3ccccc23)C(=O)O)n[nH]1. The van der Waals surface area contributed by atoms with E-state index in [1.165, 1.54) is 0 Å². The van der Waals surface area contributed by atoms with Crippen LogP contribution in [0, 0.1) is 6.92 Å². The van der Waals surface area contributed by atoms with Crippen LogP contribution in [0.15, 0.2) is 52.5 Å². The van der Waals surface area contributed by atoms with Crippen molar-refractivity contribution in [1.29, 1.82) is 0 Å². The van der Waals surface area contributed by atoms with Crippen molar-refractivity contribution in [1.82, 2.24) is 20.2 Å². The number of aryl methyl sites for hydroxylation is 1. The molecule has 0 fully saturated rings. The molecule has 30 heavy (non-hydrogen) atoms. The fourth-order valence-electron chi connectivity index (χ4n) is 3.13. The normalized spacial score (nSPS) is 11.8. The smallest absolute Gasteiger partial charge is 0.342 e. The Hall–Kier alpha value is -3.23. The molecule has 2 aromatic heterocycles. The summed E-state index contributed by atoms with van der Waals surface area (Å²) in [5.41, 5.74) is 3.29. The predicted molar refractivity (Wildman–Crippen MR) is 118 cm³/mol. The first-order valence-electron chi connectivity index (χ1n) is 8.92. The number of nitrogens with one attached hydrogen (secondary N) is 2. The van der Waals surface area contributed by atoms with E-state index in [1.807, 2.05) is 31.2 Å². The number of nitrogens with zero attached hydrogens (tertiary/aromatic N) is 2. The van der Waals surface area contributed by atoms with Crippen LogP contribution in [0.1, 0.15) is 11.3 Å². The molecule has 7 nitrogen and oxygen atoms in total. The summed E-state index contributed by atoms with van der Waals surface area (Å²) < 4.78 is 5.35. The van der Waals surface area contributed by atoms with Crippen molar-refractivity contribution in [2.45, 2.75) is 12.1 Å². The molecule has 0 saturated heterocycles. The van der Waals surface area contributed by atoms with Crippen LogP contribution in [-0.2, 0) is 4.79 Å². The van der Waals surface area contributed by atoms with Crippen LogP contribution in [0.4, 0.5) is 0 Å². The first kappa shape index (κ1) is 20.1. The van der Waals surface area contributed by atoms with Crippen molar-refractivity contribution in [2.75, 3.05) is 7.11 Å². The topological polar surface area (TPSA) is 104 Å². The van der Waals surface area contributed by atoms with Gasteiger partial charge in [-0.3, -0.25) is 5.10 Å². The molecule has 0 aliphatic rings. The average Bonchev–Trinajstić information content (AvgIpc) is 3.32. The summed E-state index contributed by atoms with van der Waals surface area (Å²) >= 11 is 7.05. The molecule has 0 spiro atoms. The number of para-hydroxylation sites is 1. The van der Waals surface area contributed by atoms with Crippen LogP contribution in [-0.4, -0.2) is 38.4 Å². The van der Waals surface area contributed by atoms with Crippen molar-refractivity contribution in [3.63, 3.8) is 0 Å². The molecular weight excluding hydrogens is 424 g/mol. The van der Waals surface area contributed by atoms with Gasteiger partial charge < -0.3 is 14.8 Å². The Morgan fingerprint density at radius 1 is 1.27 bits per heavy atom. The number of ether oxygens (including phenoxy) is 1. The minimum Gasteiger partial charge on any atom is -0.496 e. The van der Waals surface area contributed by atoms with Crippen LogP contribution >= 0.6 is 23.4 Å². The molecule has 2 heterocycles. The van der Waals surface area contributed by atoms with Crippen LogP contribution in [0.25, 0.3) is 28.4 Å². The number of carboxylic acids is 1. The summed E-state index contributed by atoms with van der Waals surface area (Å²) in [6.07, 6.45) is 1.64. The maximum absolute atomic E-state index is 11.9. The lowest BCUT2D eigenvalue weighted by atomic mass is 10.1. The van der Waals surface area contributed by atoms with Crippen molar-refractivity contribution >= 4 is 46.3 Å². The Balaban J connectivity index is 1.69. The van der Waals surface area contributed by atoms with Crippen LogP contribution in [0.3, 0.4) is 0 Å². The minimum absolute atomic E-state index is 0.103. The summed E-state index contributed by atoms with van der Waals surface area (Å²) in [5.74, 6) is -0.0447. The summed E-state index contributed by atoms with van der Waals surface area (Å²) in [6, 6.07) is 12.9. The quantitative estimate of drug-likeness (QED) is 0.283. The lowest BCUT2D eigenvalue weighted by molar-refractivity contribution is -0.131. The molecule has 9 heteroatoms. The first-order chi connectivity index (χ1) is 14.5. The van der Waals surface area contributed by atoms with Gasteiger partial charge in [-0.15, -0.1) is 5.10 Å². The van der Waals surface area contributed by atoms with E-state index in [4.69, 9.17) is 16.3 Å². The summed E-state index contributed by atoms with van der Waals surface area (Å²) in [6.45, 7) is 1.91. The zero-order chi connectivity index (χ0) is 21.3. The van der Waals surface area contributed by atoms with Crippen LogP contribution < -0.4 is 4.74 Å². The number of benzene rings is 2. The molecule has 4 aromatic rings. The molecule has 152 valence electrons. The molecule has 4 rings (SSSR count). The van der Waals surface area contributed by atoms with Crippen LogP contribution in [0.2, 0.25) is 5.02 Å². The number of carboxylic acid groups (broad SMARTS) is 1. The van der Waals surface area contributed by atoms with Gasteiger partial charge >= 0.3 is 5.97 Å². The van der Waals surface area contributed by atoms with Gasteiger partial charge in [0.2, 0.25) is 5.16 Å². The third-order valence-electron chi connectivity index (χ3n) is 4.51. The second-order valence-corrected chi connectivity index (χ2v) is 7.88. The Labute approximate surface area is 181 Å². The summed E-state index contributed by atoms with van der Waals surface area (Å²) in [5, 5.41) is 18.5. The van der Waals surface area contributed by atoms with E-state index < -0.39 is 5.97 Å². The van der Waals surface area contributed by atoms with E-state index in [9.17, 15) is 9.90 Å². The molecule has 0 aliphatic heterocycles. The van der Waals surface area contributed by atoms with E-state index in [0.29, 0.717) is 22.2 Å². The van der Waals surface area contributed by atoms with Gasteiger partial charge in [0.15, 0.2) is 5.82 Å². The maximum atomic E-state index is 11.9. The molecule has 0 radical (unpaired) electrons. The summed E-state index contributed by atoms with van der Waals surface area (Å²) in [4.78, 5) is 19.7. The molecule has 0 bridgehead atoms. The molecule has 0 aliphatic carbocycles. The number of hydrogen-bond acceptors (Lipinski definition) is 5. The highest BCUT2D eigenvalue weighted by Crippen LogP contribution is 2.34. The zero-order valence-electron chi connectivity index (χ0n) is 16.1. The largest absolute Gasteiger partial charge is 0.496 e. The number of hydrogen-bond donors (Lipinski definition) is 3. The Morgan fingerprint density at radius 3 is 2.83 bits per heavy atom. The second kappa shape index (κ2) is 8.25. The predicted octanol–water partition coefficient (Wildman–Crippen LogP) is 5.14. The summed E-state index contributed by atoms with van der Waals surface area (Å²) in [7, 11) is 1.55. The molecular formula is C21H17ClN4O3S. The molecule has 0 saturated carbocycles. The number of methoxy groups -OCH3 is 1. The monoisotopic (exact) mass is 440 g/mol. The maximum Gasteiger partial charge on any atom is 0.342 e. The highest BCUT2D eigenvalue weighted by atomic mass is 35.5. The van der Waals surface area contributed by atoms with Gasteiger partial charge in [0.25, 0.3) is 0 Å². The van der Waals surface area contributed by atoms with E-state index in [-0.39, 0.29) is 10.1 Å². The zero-order valence-corrected chi connectivity index (χ0v) is 17.6.